The van der Waals surface area contributed by atoms with Gasteiger partial charge in [-0.25, -0.2) is 9.48 Å². The molecule has 2 aromatic rings. The van der Waals surface area contributed by atoms with E-state index in [1.165, 1.54) is 23.2 Å². The van der Waals surface area contributed by atoms with Gasteiger partial charge in [-0.2, -0.15) is 13.2 Å². The van der Waals surface area contributed by atoms with E-state index in [4.69, 9.17) is 9.84 Å². The lowest BCUT2D eigenvalue weighted by molar-refractivity contribution is -0.137. The summed E-state index contributed by atoms with van der Waals surface area (Å²) in [6, 6.07) is 4.08. The number of nitrogens with zero attached hydrogens (tertiary/aromatic N) is 3. The zero-order valence-electron chi connectivity index (χ0n) is 18.1. The lowest BCUT2D eigenvalue weighted by Gasteiger charge is -2.32. The van der Waals surface area contributed by atoms with Crippen LogP contribution in [-0.4, -0.2) is 33.0 Å². The summed E-state index contributed by atoms with van der Waals surface area (Å²) in [6.45, 7) is 5.66. The molecule has 3 rings (SSSR count). The highest BCUT2D eigenvalue weighted by molar-refractivity contribution is 5.96. The molecule has 1 fully saturated rings. The second kappa shape index (κ2) is 9.22. The summed E-state index contributed by atoms with van der Waals surface area (Å²) in [4.78, 5) is 26.0. The van der Waals surface area contributed by atoms with Crippen molar-refractivity contribution in [2.24, 2.45) is 11.8 Å². The standard InChI is InChI=1S/C22H26F3N3O4/c1-13(2)28(20(29)15-9-7-14(3)8-10-15)19-18(32-21(30)31)12-27(26-19)17-6-4-5-16(11-17)22(23,24)25/h4-6,11-15H,7-10H2,1-3H3,(H,30,31). The predicted molar refractivity (Wildman–Crippen MR) is 111 cm³/mol. The fourth-order valence-corrected chi connectivity index (χ4v) is 3.95. The maximum Gasteiger partial charge on any atom is 0.511 e. The predicted octanol–water partition coefficient (Wildman–Crippen LogP) is 5.52. The molecule has 0 radical (unpaired) electrons. The SMILES string of the molecule is CC1CCC(C(=O)N(c2nn(-c3cccc(C(F)(F)F)c3)cc2OC(=O)O)C(C)C)CC1. The number of anilines is 1. The van der Waals surface area contributed by atoms with Gasteiger partial charge in [-0.1, -0.05) is 13.0 Å². The number of amides is 1. The Morgan fingerprint density at radius 2 is 1.88 bits per heavy atom. The van der Waals surface area contributed by atoms with E-state index in [1.54, 1.807) is 13.8 Å². The van der Waals surface area contributed by atoms with E-state index in [0.29, 0.717) is 18.8 Å². The highest BCUT2D eigenvalue weighted by Gasteiger charge is 2.34. The fraction of sp³-hybridized carbons (Fsp3) is 0.500. The molecule has 1 aliphatic rings. The molecule has 1 aliphatic carbocycles. The van der Waals surface area contributed by atoms with Crippen molar-refractivity contribution in [3.63, 3.8) is 0 Å². The second-order valence-corrected chi connectivity index (χ2v) is 8.44. The van der Waals surface area contributed by atoms with Gasteiger partial charge < -0.3 is 9.84 Å². The average Bonchev–Trinajstić information content (AvgIpc) is 3.10. The van der Waals surface area contributed by atoms with Crippen molar-refractivity contribution in [1.29, 1.82) is 0 Å². The molecule has 1 aromatic carbocycles. The van der Waals surface area contributed by atoms with Crippen LogP contribution in [0.2, 0.25) is 0 Å². The molecule has 0 unspecified atom stereocenters. The summed E-state index contributed by atoms with van der Waals surface area (Å²) < 4.78 is 45.3. The normalized spacial score (nSPS) is 19.1. The Kier molecular flexibility index (Phi) is 6.80. The fourth-order valence-electron chi connectivity index (χ4n) is 3.95. The van der Waals surface area contributed by atoms with Crippen molar-refractivity contribution in [3.8, 4) is 11.4 Å². The molecule has 0 spiro atoms. The number of alkyl halides is 3. The minimum atomic E-state index is -4.55. The lowest BCUT2D eigenvalue weighted by atomic mass is 9.82. The van der Waals surface area contributed by atoms with Crippen LogP contribution in [-0.2, 0) is 11.0 Å². The number of hydrogen-bond donors (Lipinski definition) is 1. The summed E-state index contributed by atoms with van der Waals surface area (Å²) in [6.07, 6.45) is -1.73. The third-order valence-electron chi connectivity index (χ3n) is 5.64. The van der Waals surface area contributed by atoms with Gasteiger partial charge >= 0.3 is 12.3 Å². The number of ether oxygens (including phenoxy) is 1. The Hall–Kier alpha value is -3.04. The van der Waals surface area contributed by atoms with Gasteiger partial charge in [0.05, 0.1) is 17.4 Å². The van der Waals surface area contributed by atoms with Crippen LogP contribution in [0.4, 0.5) is 23.8 Å². The van der Waals surface area contributed by atoms with Gasteiger partial charge in [0.1, 0.15) is 0 Å². The van der Waals surface area contributed by atoms with Crippen LogP contribution in [0.25, 0.3) is 5.69 Å². The Bertz CT molecular complexity index is 979. The first-order valence-corrected chi connectivity index (χ1v) is 10.5. The zero-order valence-corrected chi connectivity index (χ0v) is 18.1. The summed E-state index contributed by atoms with van der Waals surface area (Å²) in [5.41, 5.74) is -0.815. The Labute approximate surface area is 183 Å². The van der Waals surface area contributed by atoms with Crippen molar-refractivity contribution in [1.82, 2.24) is 9.78 Å². The van der Waals surface area contributed by atoms with Crippen LogP contribution in [0.15, 0.2) is 30.5 Å². The van der Waals surface area contributed by atoms with Crippen LogP contribution >= 0.6 is 0 Å². The Morgan fingerprint density at radius 1 is 1.22 bits per heavy atom. The van der Waals surface area contributed by atoms with Gasteiger partial charge in [-0.3, -0.25) is 9.69 Å². The lowest BCUT2D eigenvalue weighted by Crippen LogP contribution is -2.42. The monoisotopic (exact) mass is 453 g/mol. The van der Waals surface area contributed by atoms with Gasteiger partial charge in [-0.05, 0) is 63.6 Å². The van der Waals surface area contributed by atoms with Crippen molar-refractivity contribution in [2.45, 2.75) is 58.7 Å². The van der Waals surface area contributed by atoms with E-state index in [1.807, 2.05) is 0 Å². The van der Waals surface area contributed by atoms with Gasteiger partial charge in [0, 0.05) is 12.0 Å². The first-order chi connectivity index (χ1) is 15.0. The van der Waals surface area contributed by atoms with Gasteiger partial charge in [0.25, 0.3) is 0 Å². The molecule has 1 heterocycles. The largest absolute Gasteiger partial charge is 0.511 e. The van der Waals surface area contributed by atoms with E-state index >= 15 is 0 Å². The number of hydrogen-bond acceptors (Lipinski definition) is 4. The van der Waals surface area contributed by atoms with E-state index in [0.717, 1.165) is 29.7 Å². The molecule has 0 aliphatic heterocycles. The zero-order chi connectivity index (χ0) is 23.6. The molecule has 0 bridgehead atoms. The van der Waals surface area contributed by atoms with Crippen LogP contribution in [0.5, 0.6) is 5.75 Å². The smallest absolute Gasteiger partial charge is 0.449 e. The molecule has 0 atom stereocenters. The first kappa shape index (κ1) is 23.6. The molecule has 1 N–H and O–H groups in total. The summed E-state index contributed by atoms with van der Waals surface area (Å²) in [5.74, 6) is -0.149. The topological polar surface area (TPSA) is 84.7 Å². The van der Waals surface area contributed by atoms with E-state index in [2.05, 4.69) is 12.0 Å². The van der Waals surface area contributed by atoms with E-state index in [9.17, 15) is 22.8 Å². The number of carboxylic acid groups (broad SMARTS) is 1. The number of rotatable bonds is 5. The highest BCUT2D eigenvalue weighted by Crippen LogP contribution is 2.36. The molecule has 0 saturated heterocycles. The molecular weight excluding hydrogens is 427 g/mol. The van der Waals surface area contributed by atoms with Crippen LogP contribution in [0.3, 0.4) is 0 Å². The molecule has 1 aromatic heterocycles. The average molecular weight is 453 g/mol. The van der Waals surface area contributed by atoms with Gasteiger partial charge in [0.15, 0.2) is 5.75 Å². The van der Waals surface area contributed by atoms with Gasteiger partial charge in [-0.15, -0.1) is 5.10 Å². The molecule has 1 amide bonds. The highest BCUT2D eigenvalue weighted by atomic mass is 19.4. The molecule has 10 heteroatoms. The second-order valence-electron chi connectivity index (χ2n) is 8.44. The quantitative estimate of drug-likeness (QED) is 0.603. The van der Waals surface area contributed by atoms with Crippen LogP contribution < -0.4 is 9.64 Å². The number of benzene rings is 1. The van der Waals surface area contributed by atoms with Crippen molar-refractivity contribution in [3.05, 3.63) is 36.0 Å². The number of halogens is 3. The van der Waals surface area contributed by atoms with E-state index < -0.39 is 17.9 Å². The molecular formula is C22H26F3N3O4. The van der Waals surface area contributed by atoms with Crippen molar-refractivity contribution < 1.29 is 32.6 Å². The summed E-state index contributed by atoms with van der Waals surface area (Å²) >= 11 is 0. The number of carbonyl (C=O) groups is 2. The summed E-state index contributed by atoms with van der Waals surface area (Å²) in [5, 5.41) is 13.4. The van der Waals surface area contributed by atoms with Crippen LogP contribution in [0.1, 0.15) is 52.0 Å². The third-order valence-corrected chi connectivity index (χ3v) is 5.64. The Balaban J connectivity index is 2.03. The van der Waals surface area contributed by atoms with E-state index in [-0.39, 0.29) is 35.1 Å². The van der Waals surface area contributed by atoms with Crippen molar-refractivity contribution >= 4 is 17.9 Å². The maximum atomic E-state index is 13.3. The van der Waals surface area contributed by atoms with Crippen molar-refractivity contribution in [2.75, 3.05) is 4.90 Å². The number of carbonyl (C=O) groups excluding carboxylic acids is 1. The third kappa shape index (κ3) is 5.23. The van der Waals surface area contributed by atoms with Gasteiger partial charge in [0.2, 0.25) is 11.7 Å². The molecule has 7 nitrogen and oxygen atoms in total. The summed E-state index contributed by atoms with van der Waals surface area (Å²) in [7, 11) is 0. The molecule has 1 saturated carbocycles. The van der Waals surface area contributed by atoms with Crippen LogP contribution in [0, 0.1) is 11.8 Å². The number of aromatic nitrogens is 2. The first-order valence-electron chi connectivity index (χ1n) is 10.5. The maximum absolute atomic E-state index is 13.3. The minimum Gasteiger partial charge on any atom is -0.449 e. The molecule has 32 heavy (non-hydrogen) atoms. The Morgan fingerprint density at radius 3 is 2.44 bits per heavy atom. The molecule has 174 valence electrons. The minimum absolute atomic E-state index is 0.0385.